The highest BCUT2D eigenvalue weighted by Gasteiger charge is 2.27. The molecular weight excluding hydrogens is 272 g/mol. The Morgan fingerprint density at radius 1 is 0.818 bits per heavy atom. The number of para-hydroxylation sites is 3. The zero-order chi connectivity index (χ0) is 14.9. The molecule has 0 atom stereocenters. The van der Waals surface area contributed by atoms with Gasteiger partial charge >= 0.3 is 0 Å². The van der Waals surface area contributed by atoms with Crippen molar-refractivity contribution in [3.8, 4) is 0 Å². The van der Waals surface area contributed by atoms with E-state index < -0.39 is 0 Å². The summed E-state index contributed by atoms with van der Waals surface area (Å²) >= 11 is 0. The normalized spacial score (nSPS) is 16.6. The fourth-order valence-corrected chi connectivity index (χ4v) is 3.13. The van der Waals surface area contributed by atoms with Gasteiger partial charge in [0.05, 0.1) is 31.4 Å². The third kappa shape index (κ3) is 2.26. The lowest BCUT2D eigenvalue weighted by molar-refractivity contribution is 0.297. The minimum absolute atomic E-state index is 0.886. The smallest absolute Gasteiger partial charge is 0.0970 e. The highest BCUT2D eigenvalue weighted by molar-refractivity contribution is 5.82. The molecular formula is C18H20N4. The monoisotopic (exact) mass is 292 g/mol. The van der Waals surface area contributed by atoms with Crippen LogP contribution in [0.1, 0.15) is 0 Å². The van der Waals surface area contributed by atoms with Crippen LogP contribution >= 0.6 is 0 Å². The van der Waals surface area contributed by atoms with Crippen molar-refractivity contribution in [2.75, 3.05) is 36.9 Å². The largest absolute Gasteiger partial charge is 0.362 e. The number of benzene rings is 2. The first-order valence-electron chi connectivity index (χ1n) is 7.60. The summed E-state index contributed by atoms with van der Waals surface area (Å²) < 4.78 is 0. The average Bonchev–Trinajstić information content (AvgIpc) is 3.13. The standard InChI is InChI=1S/C18H20N4/c1-19-11-12-20(13-19)14-21-15-22(16-7-3-2-4-8-16)18-10-6-5-9-17(18)21/h2-12H,13-15H2,1H3. The van der Waals surface area contributed by atoms with Gasteiger partial charge in [0, 0.05) is 25.1 Å². The molecule has 0 fully saturated rings. The second kappa shape index (κ2) is 5.30. The number of nitrogens with zero attached hydrogens (tertiary/aromatic N) is 4. The van der Waals surface area contributed by atoms with Crippen molar-refractivity contribution in [2.45, 2.75) is 0 Å². The Hall–Kier alpha value is -2.62. The molecule has 2 heterocycles. The van der Waals surface area contributed by atoms with E-state index in [1.54, 1.807) is 0 Å². The second-order valence-corrected chi connectivity index (χ2v) is 5.86. The summed E-state index contributed by atoms with van der Waals surface area (Å²) in [5.41, 5.74) is 3.83. The predicted octanol–water partition coefficient (Wildman–Crippen LogP) is 3.24. The summed E-state index contributed by atoms with van der Waals surface area (Å²) in [7, 11) is 2.10. The molecule has 0 radical (unpaired) electrons. The van der Waals surface area contributed by atoms with Crippen LogP contribution in [0, 0.1) is 0 Å². The molecule has 0 aromatic heterocycles. The van der Waals surface area contributed by atoms with E-state index in [9.17, 15) is 0 Å². The summed E-state index contributed by atoms with van der Waals surface area (Å²) in [5, 5.41) is 0. The molecule has 0 amide bonds. The van der Waals surface area contributed by atoms with Gasteiger partial charge in [-0.1, -0.05) is 30.3 Å². The molecule has 0 saturated carbocycles. The van der Waals surface area contributed by atoms with Crippen molar-refractivity contribution in [1.82, 2.24) is 9.80 Å². The van der Waals surface area contributed by atoms with Gasteiger partial charge in [-0.2, -0.15) is 0 Å². The van der Waals surface area contributed by atoms with Crippen LogP contribution in [0.4, 0.5) is 17.1 Å². The average molecular weight is 292 g/mol. The van der Waals surface area contributed by atoms with Gasteiger partial charge in [0.15, 0.2) is 0 Å². The first-order valence-corrected chi connectivity index (χ1v) is 7.60. The molecule has 2 aromatic carbocycles. The van der Waals surface area contributed by atoms with Crippen LogP contribution in [0.15, 0.2) is 67.0 Å². The minimum atomic E-state index is 0.886. The van der Waals surface area contributed by atoms with E-state index >= 15 is 0 Å². The molecule has 112 valence electrons. The maximum Gasteiger partial charge on any atom is 0.0970 e. The van der Waals surface area contributed by atoms with Crippen molar-refractivity contribution in [1.29, 1.82) is 0 Å². The Morgan fingerprint density at radius 2 is 1.55 bits per heavy atom. The van der Waals surface area contributed by atoms with E-state index in [4.69, 9.17) is 0 Å². The minimum Gasteiger partial charge on any atom is -0.362 e. The van der Waals surface area contributed by atoms with E-state index in [1.807, 2.05) is 0 Å². The van der Waals surface area contributed by atoms with Crippen LogP contribution in [0.25, 0.3) is 0 Å². The van der Waals surface area contributed by atoms with E-state index in [1.165, 1.54) is 17.1 Å². The van der Waals surface area contributed by atoms with Gasteiger partial charge in [0.1, 0.15) is 0 Å². The quantitative estimate of drug-likeness (QED) is 0.861. The fraction of sp³-hybridized carbons (Fsp3) is 0.222. The highest BCUT2D eigenvalue weighted by atomic mass is 15.5. The van der Waals surface area contributed by atoms with Gasteiger partial charge in [-0.15, -0.1) is 0 Å². The molecule has 0 bridgehead atoms. The molecule has 4 heteroatoms. The number of rotatable bonds is 3. The summed E-state index contributed by atoms with van der Waals surface area (Å²) in [4.78, 5) is 9.31. The topological polar surface area (TPSA) is 13.0 Å². The zero-order valence-corrected chi connectivity index (χ0v) is 12.8. The molecule has 0 unspecified atom stereocenters. The SMILES string of the molecule is CN1C=CN(CN2CN(c3ccccc3)c3ccccc32)C1. The number of fused-ring (bicyclic) bond motifs is 1. The first kappa shape index (κ1) is 13.1. The Bertz CT molecular complexity index is 682. The molecule has 4 rings (SSSR count). The summed E-state index contributed by atoms with van der Waals surface area (Å²) in [6, 6.07) is 19.2. The molecule has 0 spiro atoms. The van der Waals surface area contributed by atoms with Crippen LogP contribution in [-0.4, -0.2) is 36.9 Å². The van der Waals surface area contributed by atoms with Gasteiger partial charge in [-0.05, 0) is 24.3 Å². The van der Waals surface area contributed by atoms with Gasteiger partial charge in [-0.3, -0.25) is 0 Å². The van der Waals surface area contributed by atoms with E-state index in [0.29, 0.717) is 0 Å². The first-order chi connectivity index (χ1) is 10.8. The Morgan fingerprint density at radius 3 is 2.27 bits per heavy atom. The number of hydrogen-bond acceptors (Lipinski definition) is 4. The lowest BCUT2D eigenvalue weighted by atomic mass is 10.2. The highest BCUT2D eigenvalue weighted by Crippen LogP contribution is 2.40. The van der Waals surface area contributed by atoms with Crippen LogP contribution < -0.4 is 9.80 Å². The van der Waals surface area contributed by atoms with Gasteiger partial charge in [-0.25, -0.2) is 0 Å². The molecule has 2 aromatic rings. The Balaban J connectivity index is 1.61. The van der Waals surface area contributed by atoms with Crippen molar-refractivity contribution in [3.63, 3.8) is 0 Å². The van der Waals surface area contributed by atoms with Crippen molar-refractivity contribution in [3.05, 3.63) is 67.0 Å². The van der Waals surface area contributed by atoms with Crippen LogP contribution in [-0.2, 0) is 0 Å². The molecule has 0 N–H and O–H groups in total. The summed E-state index contributed by atoms with van der Waals surface area (Å²) in [6.07, 6.45) is 4.28. The van der Waals surface area contributed by atoms with Gasteiger partial charge < -0.3 is 19.6 Å². The van der Waals surface area contributed by atoms with Crippen LogP contribution in [0.5, 0.6) is 0 Å². The van der Waals surface area contributed by atoms with E-state index in [0.717, 1.165) is 20.0 Å². The summed E-state index contributed by atoms with van der Waals surface area (Å²) in [5.74, 6) is 0. The fourth-order valence-electron chi connectivity index (χ4n) is 3.13. The number of hydrogen-bond donors (Lipinski definition) is 0. The van der Waals surface area contributed by atoms with E-state index in [2.05, 4.69) is 93.6 Å². The van der Waals surface area contributed by atoms with E-state index in [-0.39, 0.29) is 0 Å². The molecule has 0 saturated heterocycles. The molecule has 4 nitrogen and oxygen atoms in total. The van der Waals surface area contributed by atoms with Crippen molar-refractivity contribution in [2.24, 2.45) is 0 Å². The Labute approximate surface area is 131 Å². The molecule has 2 aliphatic heterocycles. The predicted molar refractivity (Wildman–Crippen MR) is 90.8 cm³/mol. The summed E-state index contributed by atoms with van der Waals surface area (Å²) in [6.45, 7) is 2.74. The third-order valence-electron chi connectivity index (χ3n) is 4.18. The zero-order valence-electron chi connectivity index (χ0n) is 12.8. The number of anilines is 3. The lowest BCUT2D eigenvalue weighted by Gasteiger charge is -2.27. The second-order valence-electron chi connectivity index (χ2n) is 5.86. The van der Waals surface area contributed by atoms with Gasteiger partial charge in [0.2, 0.25) is 0 Å². The van der Waals surface area contributed by atoms with Crippen molar-refractivity contribution < 1.29 is 0 Å². The molecule has 0 aliphatic carbocycles. The third-order valence-corrected chi connectivity index (χ3v) is 4.18. The van der Waals surface area contributed by atoms with Gasteiger partial charge in [0.25, 0.3) is 0 Å². The maximum absolute atomic E-state index is 2.42. The molecule has 22 heavy (non-hydrogen) atoms. The molecule has 2 aliphatic rings. The van der Waals surface area contributed by atoms with Crippen molar-refractivity contribution >= 4 is 17.1 Å². The van der Waals surface area contributed by atoms with Crippen LogP contribution in [0.2, 0.25) is 0 Å². The maximum atomic E-state index is 2.42. The lowest BCUT2D eigenvalue weighted by Crippen LogP contribution is -2.37. The van der Waals surface area contributed by atoms with Crippen LogP contribution in [0.3, 0.4) is 0 Å². The Kier molecular flexibility index (Phi) is 3.15.